The number of benzene rings is 1. The zero-order chi connectivity index (χ0) is 24.6. The highest BCUT2D eigenvalue weighted by Gasteiger charge is 2.42. The Morgan fingerprint density at radius 2 is 1.89 bits per heavy atom. The summed E-state index contributed by atoms with van der Waals surface area (Å²) in [6.45, 7) is 5.31. The number of aliphatic hydroxyl groups excluding tert-OH is 1. The summed E-state index contributed by atoms with van der Waals surface area (Å²) in [5.41, 5.74) is 2.77. The normalized spacial score (nSPS) is 15.1. The molecule has 0 fully saturated rings. The van der Waals surface area contributed by atoms with E-state index in [1.807, 2.05) is 44.2 Å². The number of nitrogens with one attached hydrogen (secondary N) is 2. The Morgan fingerprint density at radius 3 is 2.60 bits per heavy atom. The van der Waals surface area contributed by atoms with Crippen LogP contribution < -0.4 is 16.1 Å². The lowest BCUT2D eigenvalue weighted by Gasteiger charge is -2.21. The van der Waals surface area contributed by atoms with E-state index in [-0.39, 0.29) is 12.6 Å². The van der Waals surface area contributed by atoms with Crippen molar-refractivity contribution in [2.24, 2.45) is 0 Å². The van der Waals surface area contributed by atoms with Crippen LogP contribution in [0.5, 0.6) is 0 Å². The molecule has 0 saturated heterocycles. The fourth-order valence-corrected chi connectivity index (χ4v) is 4.08. The number of aromatic nitrogens is 4. The number of aliphatic hydroxyl groups is 1. The number of anilines is 3. The summed E-state index contributed by atoms with van der Waals surface area (Å²) in [6, 6.07) is 14.6. The topological polar surface area (TPSA) is 138 Å². The molecule has 0 spiro atoms. The molecule has 0 saturated carbocycles. The summed E-state index contributed by atoms with van der Waals surface area (Å²) in [7, 11) is -0.999. The minimum absolute atomic E-state index is 0.124. The van der Waals surface area contributed by atoms with Gasteiger partial charge in [-0.3, -0.25) is 0 Å². The Hall–Kier alpha value is -3.80. The number of hydrogen-bond acceptors (Lipinski definition) is 10. The van der Waals surface area contributed by atoms with Crippen molar-refractivity contribution < 1.29 is 19.2 Å². The van der Waals surface area contributed by atoms with Crippen molar-refractivity contribution in [3.05, 3.63) is 71.9 Å². The second-order valence-corrected chi connectivity index (χ2v) is 8.77. The van der Waals surface area contributed by atoms with Gasteiger partial charge in [0, 0.05) is 24.6 Å². The monoisotopic (exact) mass is 472 g/mol. The van der Waals surface area contributed by atoms with E-state index in [4.69, 9.17) is 9.07 Å². The predicted octanol–water partition coefficient (Wildman–Crippen LogP) is 2.68. The highest BCUT2D eigenvalue weighted by molar-refractivity contribution is 6.61. The van der Waals surface area contributed by atoms with Crippen LogP contribution in [0.3, 0.4) is 0 Å². The van der Waals surface area contributed by atoms with Crippen LogP contribution in [-0.2, 0) is 10.3 Å². The highest BCUT2D eigenvalue weighted by Crippen LogP contribution is 2.33. The first-order valence-electron chi connectivity index (χ1n) is 11.2. The van der Waals surface area contributed by atoms with Gasteiger partial charge in [-0.2, -0.15) is 0 Å². The van der Waals surface area contributed by atoms with Crippen molar-refractivity contribution in [1.29, 1.82) is 0 Å². The number of aryl methyl sites for hydroxylation is 1. The number of pyridine rings is 2. The molecule has 0 bridgehead atoms. The number of rotatable bonds is 7. The fourth-order valence-electron chi connectivity index (χ4n) is 4.08. The zero-order valence-electron chi connectivity index (χ0n) is 19.6. The molecule has 11 heteroatoms. The molecule has 4 N–H and O–H groups in total. The van der Waals surface area contributed by atoms with Gasteiger partial charge in [0.05, 0.1) is 35.2 Å². The second-order valence-electron chi connectivity index (χ2n) is 8.77. The fraction of sp³-hybridized carbons (Fsp3) is 0.250. The van der Waals surface area contributed by atoms with Crippen LogP contribution in [0.25, 0.3) is 11.5 Å². The predicted molar refractivity (Wildman–Crippen MR) is 131 cm³/mol. The molecular formula is C24H25BN6O4. The quantitative estimate of drug-likeness (QED) is 0.297. The van der Waals surface area contributed by atoms with Crippen molar-refractivity contribution in [3.63, 3.8) is 0 Å². The number of nitrogens with zero attached hydrogens (tertiary/aromatic N) is 4. The summed E-state index contributed by atoms with van der Waals surface area (Å²) in [6.07, 6.45) is 1.63. The molecule has 5 rings (SSSR count). The van der Waals surface area contributed by atoms with Crippen LogP contribution in [0, 0.1) is 6.92 Å². The standard InChI is InChI=1S/C24H25BN6O4/c1-14-30-31-23(34-14)16-12-26-21(11-18(16)27-19(13-32)15-7-5-4-6-8-15)28-20-10-9-17-22(29-20)24(2,3)35-25(17)33/h4-12,19,32-33H,13H2,1-3H3,(H2,26,27,28,29)/t19-/m1/s1. The van der Waals surface area contributed by atoms with Crippen molar-refractivity contribution in [2.45, 2.75) is 32.4 Å². The maximum atomic E-state index is 10.1. The van der Waals surface area contributed by atoms with E-state index in [1.165, 1.54) is 0 Å². The molecule has 178 valence electrons. The van der Waals surface area contributed by atoms with Crippen molar-refractivity contribution in [2.75, 3.05) is 17.2 Å². The molecule has 0 amide bonds. The first-order chi connectivity index (χ1) is 16.8. The van der Waals surface area contributed by atoms with Gasteiger partial charge in [0.1, 0.15) is 11.6 Å². The van der Waals surface area contributed by atoms with Gasteiger partial charge in [-0.25, -0.2) is 9.97 Å². The molecule has 0 radical (unpaired) electrons. The van der Waals surface area contributed by atoms with Crippen LogP contribution in [0.2, 0.25) is 0 Å². The molecule has 0 aliphatic carbocycles. The molecule has 10 nitrogen and oxygen atoms in total. The average Bonchev–Trinajstić information content (AvgIpc) is 3.37. The van der Waals surface area contributed by atoms with Gasteiger partial charge in [-0.05, 0) is 25.5 Å². The summed E-state index contributed by atoms with van der Waals surface area (Å²) < 4.78 is 11.2. The second kappa shape index (κ2) is 9.10. The maximum absolute atomic E-state index is 10.1. The Morgan fingerprint density at radius 1 is 1.09 bits per heavy atom. The summed E-state index contributed by atoms with van der Waals surface area (Å²) in [5.74, 6) is 1.82. The molecule has 4 aromatic rings. The number of hydrogen-bond donors (Lipinski definition) is 4. The Bertz CT molecular complexity index is 1350. The van der Waals surface area contributed by atoms with Gasteiger partial charge < -0.3 is 29.8 Å². The van der Waals surface area contributed by atoms with Crippen molar-refractivity contribution in [1.82, 2.24) is 20.2 Å². The maximum Gasteiger partial charge on any atom is 0.493 e. The number of fused-ring (bicyclic) bond motifs is 1. The summed E-state index contributed by atoms with van der Waals surface area (Å²) in [4.78, 5) is 9.16. The third kappa shape index (κ3) is 4.61. The SMILES string of the molecule is Cc1nnc(-c2cnc(Nc3ccc4c(n3)C(C)(C)OB4O)cc2N[C@H](CO)c2ccccc2)o1. The van der Waals surface area contributed by atoms with Gasteiger partial charge in [0.25, 0.3) is 5.89 Å². The molecule has 1 aromatic carbocycles. The van der Waals surface area contributed by atoms with E-state index in [1.54, 1.807) is 31.3 Å². The van der Waals surface area contributed by atoms with Gasteiger partial charge in [0.2, 0.25) is 5.89 Å². The molecule has 1 aliphatic rings. The Kier molecular flexibility index (Phi) is 5.97. The van der Waals surface area contributed by atoms with Crippen molar-refractivity contribution >= 4 is 29.9 Å². The minimum atomic E-state index is -0.999. The summed E-state index contributed by atoms with van der Waals surface area (Å²) in [5, 5.41) is 34.9. The van der Waals surface area contributed by atoms with E-state index >= 15 is 0 Å². The molecule has 1 atom stereocenters. The van der Waals surface area contributed by atoms with Crippen molar-refractivity contribution in [3.8, 4) is 11.5 Å². The van der Waals surface area contributed by atoms with Gasteiger partial charge in [-0.15, -0.1) is 10.2 Å². The third-order valence-corrected chi connectivity index (χ3v) is 5.80. The Labute approximate surface area is 202 Å². The lowest BCUT2D eigenvalue weighted by Crippen LogP contribution is -2.28. The van der Waals surface area contributed by atoms with E-state index in [9.17, 15) is 10.1 Å². The lowest BCUT2D eigenvalue weighted by atomic mass is 9.80. The molecule has 35 heavy (non-hydrogen) atoms. The van der Waals surface area contributed by atoms with E-state index in [0.717, 1.165) is 5.56 Å². The first kappa shape index (κ1) is 23.0. The third-order valence-electron chi connectivity index (χ3n) is 5.80. The van der Waals surface area contributed by atoms with Crippen LogP contribution in [-0.4, -0.2) is 44.0 Å². The smallest absolute Gasteiger partial charge is 0.423 e. The van der Waals surface area contributed by atoms with Crippen LogP contribution in [0.4, 0.5) is 17.3 Å². The van der Waals surface area contributed by atoms with E-state index in [0.29, 0.717) is 45.8 Å². The van der Waals surface area contributed by atoms with Crippen LogP contribution in [0.1, 0.15) is 37.0 Å². The minimum Gasteiger partial charge on any atom is -0.423 e. The molecule has 4 heterocycles. The molecule has 0 unspecified atom stereocenters. The molecule has 1 aliphatic heterocycles. The summed E-state index contributed by atoms with van der Waals surface area (Å²) >= 11 is 0. The van der Waals surface area contributed by atoms with E-state index in [2.05, 4.69) is 30.8 Å². The van der Waals surface area contributed by atoms with E-state index < -0.39 is 12.7 Å². The average molecular weight is 472 g/mol. The Balaban J connectivity index is 1.49. The molecular weight excluding hydrogens is 447 g/mol. The van der Waals surface area contributed by atoms with Crippen LogP contribution >= 0.6 is 0 Å². The zero-order valence-corrected chi connectivity index (χ0v) is 19.6. The van der Waals surface area contributed by atoms with Gasteiger partial charge >= 0.3 is 7.12 Å². The van der Waals surface area contributed by atoms with Gasteiger partial charge in [0.15, 0.2) is 0 Å². The van der Waals surface area contributed by atoms with Crippen LogP contribution in [0.15, 0.2) is 59.1 Å². The largest absolute Gasteiger partial charge is 0.493 e. The van der Waals surface area contributed by atoms with Gasteiger partial charge in [-0.1, -0.05) is 36.4 Å². The molecule has 3 aromatic heterocycles. The lowest BCUT2D eigenvalue weighted by molar-refractivity contribution is 0.0970. The first-order valence-corrected chi connectivity index (χ1v) is 11.2. The highest BCUT2D eigenvalue weighted by atomic mass is 16.5.